The molecule has 1 saturated heterocycles. The lowest BCUT2D eigenvalue weighted by Gasteiger charge is -2.34. The Bertz CT molecular complexity index is 1790. The molecule has 12 nitrogen and oxygen atoms in total. The summed E-state index contributed by atoms with van der Waals surface area (Å²) in [6.45, 7) is 13.2. The van der Waals surface area contributed by atoms with E-state index in [9.17, 15) is 13.2 Å². The maximum Gasteiger partial charge on any atom is 0.236 e. The number of likely N-dealkylation sites (tertiary alicyclic amines) is 1. The summed E-state index contributed by atoms with van der Waals surface area (Å²) in [5.74, 6) is 1.77. The number of hydrogen-bond donors (Lipinski definition) is 2. The zero-order valence-electron chi connectivity index (χ0n) is 27.4. The lowest BCUT2D eigenvalue weighted by molar-refractivity contribution is -0.133. The van der Waals surface area contributed by atoms with E-state index in [2.05, 4.69) is 57.4 Å². The zero-order valence-corrected chi connectivity index (χ0v) is 28.3. The number of rotatable bonds is 12. The van der Waals surface area contributed by atoms with Crippen LogP contribution >= 0.6 is 0 Å². The number of piperidine rings is 1. The number of carbonyl (C=O) groups excluding carboxylic acids is 1. The number of benzene rings is 2. The van der Waals surface area contributed by atoms with Crippen LogP contribution in [0.1, 0.15) is 57.6 Å². The second-order valence-corrected chi connectivity index (χ2v) is 14.3. The molecule has 1 fully saturated rings. The van der Waals surface area contributed by atoms with Crippen LogP contribution in [0.5, 0.6) is 5.75 Å². The molecule has 0 atom stereocenters. The molecule has 0 saturated carbocycles. The fraction of sp³-hybridized carbons (Fsp3) is 0.455. The van der Waals surface area contributed by atoms with Gasteiger partial charge in [0.15, 0.2) is 15.5 Å². The Morgan fingerprint density at radius 2 is 1.76 bits per heavy atom. The number of aryl methyl sites for hydroxylation is 1. The fourth-order valence-corrected chi connectivity index (χ4v) is 7.07. The first-order valence-corrected chi connectivity index (χ1v) is 17.4. The first-order chi connectivity index (χ1) is 22.0. The van der Waals surface area contributed by atoms with E-state index in [1.807, 2.05) is 11.0 Å². The average molecular weight is 649 g/mol. The number of hydrogen-bond acceptors (Lipinski definition) is 10. The highest BCUT2D eigenvalue weighted by atomic mass is 32.2. The van der Waals surface area contributed by atoms with E-state index in [1.165, 1.54) is 10.1 Å². The minimum Gasteiger partial charge on any atom is -0.495 e. The van der Waals surface area contributed by atoms with Crippen LogP contribution in [0.4, 0.5) is 23.3 Å². The third kappa shape index (κ3) is 6.95. The molecule has 5 rings (SSSR count). The minimum atomic E-state index is -3.56. The van der Waals surface area contributed by atoms with Gasteiger partial charge in [-0.3, -0.25) is 9.69 Å². The van der Waals surface area contributed by atoms with Crippen molar-refractivity contribution in [2.75, 3.05) is 50.5 Å². The first-order valence-electron chi connectivity index (χ1n) is 15.8. The Kier molecular flexibility index (Phi) is 10.1. The summed E-state index contributed by atoms with van der Waals surface area (Å²) in [5.41, 5.74) is 3.94. The number of ether oxygens (including phenoxy) is 1. The smallest absolute Gasteiger partial charge is 0.236 e. The van der Waals surface area contributed by atoms with Crippen molar-refractivity contribution in [3.8, 4) is 5.75 Å². The molecule has 1 amide bonds. The number of nitrogens with one attached hydrogen (secondary N) is 2. The Hall–Kier alpha value is -4.23. The lowest BCUT2D eigenvalue weighted by Crippen LogP contribution is -2.43. The van der Waals surface area contributed by atoms with E-state index in [0.29, 0.717) is 47.1 Å². The maximum absolute atomic E-state index is 13.1. The van der Waals surface area contributed by atoms with Gasteiger partial charge in [-0.25, -0.2) is 8.42 Å². The quantitative estimate of drug-likeness (QED) is 0.212. The van der Waals surface area contributed by atoms with Crippen LogP contribution in [0, 0.1) is 6.92 Å². The zero-order chi connectivity index (χ0) is 33.0. The van der Waals surface area contributed by atoms with Crippen molar-refractivity contribution in [3.05, 3.63) is 59.8 Å². The van der Waals surface area contributed by atoms with Crippen LogP contribution < -0.4 is 15.4 Å². The van der Waals surface area contributed by atoms with Crippen molar-refractivity contribution in [1.82, 2.24) is 29.4 Å². The second-order valence-electron chi connectivity index (χ2n) is 11.8. The van der Waals surface area contributed by atoms with Gasteiger partial charge in [0, 0.05) is 19.2 Å². The Labute approximate surface area is 271 Å². The summed E-state index contributed by atoms with van der Waals surface area (Å²) in [6, 6.07) is 12.6. The number of carbonyl (C=O) groups is 1. The molecular formula is C33H44N8O4S. The maximum atomic E-state index is 13.1. The summed E-state index contributed by atoms with van der Waals surface area (Å²) in [6.07, 6.45) is 3.40. The molecule has 2 aromatic carbocycles. The highest BCUT2D eigenvalue weighted by Gasteiger charge is 2.27. The first kappa shape index (κ1) is 33.1. The molecule has 1 aliphatic rings. The molecule has 0 bridgehead atoms. The van der Waals surface area contributed by atoms with Gasteiger partial charge in [0.05, 0.1) is 41.4 Å². The predicted octanol–water partition coefficient (Wildman–Crippen LogP) is 5.16. The van der Waals surface area contributed by atoms with Crippen molar-refractivity contribution >= 4 is 44.7 Å². The number of likely N-dealkylation sites (N-methyl/N-ethyl adjacent to an activating group) is 1. The van der Waals surface area contributed by atoms with E-state index in [1.54, 1.807) is 57.5 Å². The van der Waals surface area contributed by atoms with Gasteiger partial charge >= 0.3 is 0 Å². The topological polar surface area (TPSA) is 134 Å². The molecule has 2 N–H and O–H groups in total. The number of sulfone groups is 1. The lowest BCUT2D eigenvalue weighted by atomic mass is 9.86. The molecule has 0 radical (unpaired) electrons. The summed E-state index contributed by atoms with van der Waals surface area (Å²) < 4.78 is 33.5. The molecule has 46 heavy (non-hydrogen) atoms. The molecule has 4 aromatic rings. The van der Waals surface area contributed by atoms with Crippen LogP contribution in [-0.4, -0.2) is 88.8 Å². The van der Waals surface area contributed by atoms with E-state index >= 15 is 0 Å². The number of fused-ring (bicyclic) bond motifs is 1. The number of methoxy groups -OCH3 is 1. The average Bonchev–Trinajstić information content (AvgIpc) is 3.53. The molecular weight excluding hydrogens is 604 g/mol. The predicted molar refractivity (Wildman–Crippen MR) is 180 cm³/mol. The van der Waals surface area contributed by atoms with Gasteiger partial charge < -0.3 is 20.3 Å². The van der Waals surface area contributed by atoms with Crippen LogP contribution in [0.15, 0.2) is 53.6 Å². The molecule has 2 aromatic heterocycles. The molecule has 0 unspecified atom stereocenters. The van der Waals surface area contributed by atoms with Crippen LogP contribution in [0.3, 0.4) is 0 Å². The molecule has 3 heterocycles. The summed E-state index contributed by atoms with van der Waals surface area (Å²) >= 11 is 0. The Morgan fingerprint density at radius 1 is 1.04 bits per heavy atom. The second kappa shape index (κ2) is 14.0. The third-order valence-corrected chi connectivity index (χ3v) is 10.9. The molecule has 0 aliphatic carbocycles. The molecule has 1 aliphatic heterocycles. The van der Waals surface area contributed by atoms with Crippen LogP contribution in [0.2, 0.25) is 0 Å². The van der Waals surface area contributed by atoms with Crippen LogP contribution in [0.25, 0.3) is 5.65 Å². The monoisotopic (exact) mass is 648 g/mol. The van der Waals surface area contributed by atoms with Crippen molar-refractivity contribution in [1.29, 1.82) is 0 Å². The number of para-hydroxylation sites is 1. The number of anilines is 4. The molecule has 0 spiro atoms. The van der Waals surface area contributed by atoms with Gasteiger partial charge in [0.2, 0.25) is 17.8 Å². The fourth-order valence-electron chi connectivity index (χ4n) is 5.86. The van der Waals surface area contributed by atoms with E-state index < -0.39 is 15.1 Å². The summed E-state index contributed by atoms with van der Waals surface area (Å²) in [7, 11) is -1.92. The summed E-state index contributed by atoms with van der Waals surface area (Å²) in [4.78, 5) is 26.5. The molecule has 13 heteroatoms. The van der Waals surface area contributed by atoms with E-state index in [0.717, 1.165) is 44.6 Å². The SMILES string of the molecule is CCN(CC)CC(=O)N1CCC(c2cc(OC)c(Nc3nc(Nc4ccccc4S(=O)(=O)C(C)C)n4nccc4n3)cc2C)CC1. The minimum absolute atomic E-state index is 0.186. The van der Waals surface area contributed by atoms with Gasteiger partial charge in [0.25, 0.3) is 0 Å². The normalized spacial score (nSPS) is 14.3. The van der Waals surface area contributed by atoms with E-state index in [-0.39, 0.29) is 10.8 Å². The Morgan fingerprint density at radius 3 is 2.43 bits per heavy atom. The van der Waals surface area contributed by atoms with E-state index in [4.69, 9.17) is 4.74 Å². The van der Waals surface area contributed by atoms with Crippen molar-refractivity contribution < 1.29 is 17.9 Å². The standard InChI is InChI=1S/C33H44N8O4S/c1-7-39(8-2)21-31(42)40-17-14-24(15-18-40)25-20-28(45-6)27(19-23(25)5)35-32-37-30-13-16-34-41(30)33(38-32)36-26-11-9-10-12-29(26)46(43,44)22(3)4/h9-13,16,19-20,22,24H,7-8,14-15,17-18,21H2,1-6H3,(H2,35,36,37,38). The van der Waals surface area contributed by atoms with Gasteiger partial charge in [0.1, 0.15) is 5.75 Å². The number of aromatic nitrogens is 4. The number of amides is 1. The van der Waals surface area contributed by atoms with Gasteiger partial charge in [-0.2, -0.15) is 19.6 Å². The third-order valence-electron chi connectivity index (χ3n) is 8.69. The Balaban J connectivity index is 1.37. The van der Waals surface area contributed by atoms with Crippen LogP contribution in [-0.2, 0) is 14.6 Å². The molecule has 246 valence electrons. The summed E-state index contributed by atoms with van der Waals surface area (Å²) in [5, 5.41) is 10.2. The van der Waals surface area contributed by atoms with Crippen molar-refractivity contribution in [3.63, 3.8) is 0 Å². The van der Waals surface area contributed by atoms with Crippen molar-refractivity contribution in [2.45, 2.75) is 63.5 Å². The van der Waals surface area contributed by atoms with Gasteiger partial charge in [-0.1, -0.05) is 26.0 Å². The van der Waals surface area contributed by atoms with Gasteiger partial charge in [-0.15, -0.1) is 0 Å². The highest BCUT2D eigenvalue weighted by Crippen LogP contribution is 2.37. The van der Waals surface area contributed by atoms with Gasteiger partial charge in [-0.05, 0) is 88.0 Å². The largest absolute Gasteiger partial charge is 0.495 e. The number of nitrogens with zero attached hydrogens (tertiary/aromatic N) is 6. The van der Waals surface area contributed by atoms with Crippen molar-refractivity contribution in [2.24, 2.45) is 0 Å². The highest BCUT2D eigenvalue weighted by molar-refractivity contribution is 7.92.